The lowest BCUT2D eigenvalue weighted by Gasteiger charge is -2.29. The summed E-state index contributed by atoms with van der Waals surface area (Å²) in [5.74, 6) is 7.00. The number of hydrogen-bond donors (Lipinski definition) is 1. The number of piperidine rings is 1. The zero-order valence-electron chi connectivity index (χ0n) is 10.9. The molecule has 1 aliphatic rings. The number of nitrogens with zero attached hydrogens (tertiary/aromatic N) is 1. The largest absolute Gasteiger partial charge is 0.316 e. The Morgan fingerprint density at radius 3 is 2.88 bits per heavy atom. The molecule has 16 heavy (non-hydrogen) atoms. The maximum absolute atomic E-state index is 3.49. The fraction of sp³-hybridized carbons (Fsp3) is 0.857. The van der Waals surface area contributed by atoms with Crippen molar-refractivity contribution in [2.24, 2.45) is 5.92 Å². The topological polar surface area (TPSA) is 15.3 Å². The lowest BCUT2D eigenvalue weighted by atomic mass is 9.99. The molecule has 1 saturated heterocycles. The molecule has 0 radical (unpaired) electrons. The highest BCUT2D eigenvalue weighted by molar-refractivity contribution is 4.95. The predicted octanol–water partition coefficient (Wildman–Crippen LogP) is 2.11. The lowest BCUT2D eigenvalue weighted by molar-refractivity contribution is 0.212. The van der Waals surface area contributed by atoms with E-state index in [4.69, 9.17) is 0 Å². The maximum atomic E-state index is 3.49. The molecule has 1 atom stereocenters. The highest BCUT2D eigenvalue weighted by atomic mass is 15.1. The zero-order valence-corrected chi connectivity index (χ0v) is 10.9. The number of hydrogen-bond acceptors (Lipinski definition) is 2. The third-order valence-electron chi connectivity index (χ3n) is 3.18. The Bertz CT molecular complexity index is 221. The molecule has 0 aromatic rings. The Morgan fingerprint density at radius 1 is 1.38 bits per heavy atom. The summed E-state index contributed by atoms with van der Waals surface area (Å²) in [5, 5.41) is 3.49. The first-order chi connectivity index (χ1) is 7.86. The molecule has 1 fully saturated rings. The van der Waals surface area contributed by atoms with E-state index in [0.717, 1.165) is 18.9 Å². The molecule has 1 heterocycles. The van der Waals surface area contributed by atoms with Gasteiger partial charge in [0.1, 0.15) is 0 Å². The van der Waals surface area contributed by atoms with Crippen molar-refractivity contribution < 1.29 is 0 Å². The van der Waals surface area contributed by atoms with Crippen molar-refractivity contribution >= 4 is 0 Å². The van der Waals surface area contributed by atoms with Gasteiger partial charge in [-0.3, -0.25) is 0 Å². The van der Waals surface area contributed by atoms with Crippen LogP contribution in [0.4, 0.5) is 0 Å². The molecule has 0 aromatic carbocycles. The van der Waals surface area contributed by atoms with Gasteiger partial charge in [-0.25, -0.2) is 0 Å². The first kappa shape index (κ1) is 13.5. The fourth-order valence-corrected chi connectivity index (χ4v) is 2.39. The van der Waals surface area contributed by atoms with Gasteiger partial charge in [-0.2, -0.15) is 0 Å². The molecule has 0 aromatic heterocycles. The van der Waals surface area contributed by atoms with Crippen molar-refractivity contribution in [1.82, 2.24) is 10.2 Å². The summed E-state index contributed by atoms with van der Waals surface area (Å²) in [6.45, 7) is 10.2. The molecule has 2 heteroatoms. The van der Waals surface area contributed by atoms with E-state index in [0.29, 0.717) is 0 Å². The summed E-state index contributed by atoms with van der Waals surface area (Å²) in [6.07, 6.45) is 5.02. The van der Waals surface area contributed by atoms with Gasteiger partial charge in [0.2, 0.25) is 0 Å². The lowest BCUT2D eigenvalue weighted by Crippen LogP contribution is -2.39. The van der Waals surface area contributed by atoms with Gasteiger partial charge in [-0.05, 0) is 51.7 Å². The van der Waals surface area contributed by atoms with Crippen LogP contribution in [0.3, 0.4) is 0 Å². The van der Waals surface area contributed by atoms with Crippen LogP contribution >= 0.6 is 0 Å². The molecular weight excluding hydrogens is 196 g/mol. The van der Waals surface area contributed by atoms with Crippen LogP contribution < -0.4 is 5.32 Å². The van der Waals surface area contributed by atoms with Crippen molar-refractivity contribution in [3.05, 3.63) is 0 Å². The van der Waals surface area contributed by atoms with Crippen molar-refractivity contribution in [1.29, 1.82) is 0 Å². The minimum Gasteiger partial charge on any atom is -0.316 e. The van der Waals surface area contributed by atoms with Crippen LogP contribution in [0.25, 0.3) is 0 Å². The Balaban J connectivity index is 2.26. The van der Waals surface area contributed by atoms with Gasteiger partial charge in [0.15, 0.2) is 0 Å². The van der Waals surface area contributed by atoms with Crippen LogP contribution in [-0.4, -0.2) is 37.6 Å². The molecule has 1 rings (SSSR count). The predicted molar refractivity (Wildman–Crippen MR) is 70.4 cm³/mol. The second kappa shape index (κ2) is 8.61. The third-order valence-corrected chi connectivity index (χ3v) is 3.18. The molecular formula is C14H26N2. The van der Waals surface area contributed by atoms with Crippen molar-refractivity contribution in [3.8, 4) is 11.8 Å². The SMILES string of the molecule is CC#CCCN(CCC)CC1CCCNC1. The third kappa shape index (κ3) is 5.53. The van der Waals surface area contributed by atoms with Gasteiger partial charge >= 0.3 is 0 Å². The van der Waals surface area contributed by atoms with E-state index in [9.17, 15) is 0 Å². The smallest absolute Gasteiger partial charge is 0.0216 e. The summed E-state index contributed by atoms with van der Waals surface area (Å²) in [7, 11) is 0. The zero-order chi connectivity index (χ0) is 11.6. The van der Waals surface area contributed by atoms with Crippen molar-refractivity contribution in [2.75, 3.05) is 32.7 Å². The first-order valence-electron chi connectivity index (χ1n) is 6.69. The van der Waals surface area contributed by atoms with Gasteiger partial charge in [0, 0.05) is 19.5 Å². The van der Waals surface area contributed by atoms with Gasteiger partial charge in [0.05, 0.1) is 0 Å². The number of rotatable bonds is 6. The Kier molecular flexibility index (Phi) is 7.29. The summed E-state index contributed by atoms with van der Waals surface area (Å²) in [5.41, 5.74) is 0. The molecule has 1 N–H and O–H groups in total. The monoisotopic (exact) mass is 222 g/mol. The van der Waals surface area contributed by atoms with E-state index >= 15 is 0 Å². The highest BCUT2D eigenvalue weighted by Gasteiger charge is 2.15. The van der Waals surface area contributed by atoms with Crippen molar-refractivity contribution in [3.63, 3.8) is 0 Å². The molecule has 0 aliphatic carbocycles. The van der Waals surface area contributed by atoms with Crippen LogP contribution in [0.2, 0.25) is 0 Å². The van der Waals surface area contributed by atoms with Crippen LogP contribution in [0.5, 0.6) is 0 Å². The average molecular weight is 222 g/mol. The van der Waals surface area contributed by atoms with E-state index < -0.39 is 0 Å². The van der Waals surface area contributed by atoms with E-state index in [1.807, 2.05) is 6.92 Å². The van der Waals surface area contributed by atoms with E-state index in [2.05, 4.69) is 29.0 Å². The Morgan fingerprint density at radius 2 is 2.25 bits per heavy atom. The van der Waals surface area contributed by atoms with Gasteiger partial charge in [-0.1, -0.05) is 6.92 Å². The molecule has 0 spiro atoms. The summed E-state index contributed by atoms with van der Waals surface area (Å²) >= 11 is 0. The summed E-state index contributed by atoms with van der Waals surface area (Å²) in [6, 6.07) is 0. The van der Waals surface area contributed by atoms with E-state index in [-0.39, 0.29) is 0 Å². The molecule has 1 unspecified atom stereocenters. The van der Waals surface area contributed by atoms with Crippen LogP contribution in [0, 0.1) is 17.8 Å². The summed E-state index contributed by atoms with van der Waals surface area (Å²) < 4.78 is 0. The second-order valence-electron chi connectivity index (χ2n) is 4.69. The number of nitrogens with one attached hydrogen (secondary N) is 1. The van der Waals surface area contributed by atoms with E-state index in [1.165, 1.54) is 45.4 Å². The fourth-order valence-electron chi connectivity index (χ4n) is 2.39. The van der Waals surface area contributed by atoms with E-state index in [1.54, 1.807) is 0 Å². The molecule has 0 saturated carbocycles. The average Bonchev–Trinajstić information content (AvgIpc) is 2.31. The molecule has 92 valence electrons. The standard InChI is InChI=1S/C14H26N2/c1-3-5-6-11-16(10-4-2)13-14-8-7-9-15-12-14/h14-15H,4,6-13H2,1-2H3. The molecule has 1 aliphatic heterocycles. The summed E-state index contributed by atoms with van der Waals surface area (Å²) in [4.78, 5) is 2.59. The van der Waals surface area contributed by atoms with Gasteiger partial charge in [0.25, 0.3) is 0 Å². The maximum Gasteiger partial charge on any atom is 0.0216 e. The van der Waals surface area contributed by atoms with Crippen LogP contribution in [-0.2, 0) is 0 Å². The first-order valence-corrected chi connectivity index (χ1v) is 6.69. The quantitative estimate of drug-likeness (QED) is 0.693. The molecule has 0 amide bonds. The van der Waals surface area contributed by atoms with Gasteiger partial charge < -0.3 is 10.2 Å². The minimum absolute atomic E-state index is 0.856. The molecule has 2 nitrogen and oxygen atoms in total. The Hall–Kier alpha value is -0.520. The minimum atomic E-state index is 0.856. The second-order valence-corrected chi connectivity index (χ2v) is 4.69. The molecule has 0 bridgehead atoms. The van der Waals surface area contributed by atoms with Crippen LogP contribution in [0.1, 0.15) is 39.5 Å². The highest BCUT2D eigenvalue weighted by Crippen LogP contribution is 2.12. The van der Waals surface area contributed by atoms with Crippen molar-refractivity contribution in [2.45, 2.75) is 39.5 Å². The van der Waals surface area contributed by atoms with Gasteiger partial charge in [-0.15, -0.1) is 11.8 Å². The van der Waals surface area contributed by atoms with Crippen LogP contribution in [0.15, 0.2) is 0 Å². The normalized spacial score (nSPS) is 20.6. The Labute approximate surface area is 101 Å².